The van der Waals surface area contributed by atoms with E-state index in [1.54, 1.807) is 7.11 Å². The zero-order valence-corrected chi connectivity index (χ0v) is 12.4. The highest BCUT2D eigenvalue weighted by Crippen LogP contribution is 2.55. The monoisotopic (exact) mass is 280 g/mol. The number of benzene rings is 2. The summed E-state index contributed by atoms with van der Waals surface area (Å²) in [6, 6.07) is 12.7. The second-order valence-electron chi connectivity index (χ2n) is 6.19. The summed E-state index contributed by atoms with van der Waals surface area (Å²) in [6.07, 6.45) is 4.46. The molecule has 4 rings (SSSR count). The largest absolute Gasteiger partial charge is 0.496 e. The van der Waals surface area contributed by atoms with Crippen molar-refractivity contribution >= 4 is 0 Å². The van der Waals surface area contributed by atoms with Gasteiger partial charge in [-0.25, -0.2) is 0 Å². The van der Waals surface area contributed by atoms with Gasteiger partial charge < -0.3 is 9.84 Å². The van der Waals surface area contributed by atoms with Crippen LogP contribution in [0.2, 0.25) is 0 Å². The molecule has 1 unspecified atom stereocenters. The minimum Gasteiger partial charge on any atom is -0.496 e. The maximum absolute atomic E-state index is 9.79. The summed E-state index contributed by atoms with van der Waals surface area (Å²) >= 11 is 0. The first-order chi connectivity index (χ1) is 10.3. The zero-order valence-electron chi connectivity index (χ0n) is 12.4. The standard InChI is InChI=1S/C19H20O2/c1-21-16-7-3-5-14-9-11-19(18(14)16)10-8-13-4-2-6-15(12-20)17(13)19/h2-7,20H,8-12H2,1H3. The summed E-state index contributed by atoms with van der Waals surface area (Å²) in [5.41, 5.74) is 6.69. The zero-order chi connectivity index (χ0) is 14.4. The Labute approximate surface area is 125 Å². The van der Waals surface area contributed by atoms with E-state index in [-0.39, 0.29) is 12.0 Å². The van der Waals surface area contributed by atoms with Crippen LogP contribution < -0.4 is 4.74 Å². The van der Waals surface area contributed by atoms with Gasteiger partial charge in [0, 0.05) is 11.0 Å². The van der Waals surface area contributed by atoms with Crippen LogP contribution in [0.15, 0.2) is 36.4 Å². The number of aryl methyl sites for hydroxylation is 2. The van der Waals surface area contributed by atoms with E-state index in [2.05, 4.69) is 36.4 Å². The van der Waals surface area contributed by atoms with Crippen LogP contribution in [0.4, 0.5) is 0 Å². The predicted molar refractivity (Wildman–Crippen MR) is 82.8 cm³/mol. The second kappa shape index (κ2) is 4.60. The Kier molecular flexibility index (Phi) is 2.83. The van der Waals surface area contributed by atoms with Crippen molar-refractivity contribution in [1.29, 1.82) is 0 Å². The van der Waals surface area contributed by atoms with Gasteiger partial charge in [0.2, 0.25) is 0 Å². The molecule has 0 amide bonds. The fourth-order valence-corrected chi connectivity index (χ4v) is 4.55. The van der Waals surface area contributed by atoms with E-state index >= 15 is 0 Å². The third-order valence-electron chi connectivity index (χ3n) is 5.34. The van der Waals surface area contributed by atoms with Crippen LogP contribution in [-0.2, 0) is 24.9 Å². The minimum absolute atomic E-state index is 0.0522. The van der Waals surface area contributed by atoms with E-state index < -0.39 is 0 Å². The molecule has 0 bridgehead atoms. The lowest BCUT2D eigenvalue weighted by Gasteiger charge is -2.29. The molecule has 2 aromatic rings. The number of hydrogen-bond acceptors (Lipinski definition) is 2. The number of fused-ring (bicyclic) bond motifs is 4. The van der Waals surface area contributed by atoms with Gasteiger partial charge in [0.15, 0.2) is 0 Å². The number of ether oxygens (including phenoxy) is 1. The average molecular weight is 280 g/mol. The molecule has 21 heavy (non-hydrogen) atoms. The Morgan fingerprint density at radius 3 is 2.33 bits per heavy atom. The maximum Gasteiger partial charge on any atom is 0.123 e. The molecule has 108 valence electrons. The molecule has 2 heteroatoms. The SMILES string of the molecule is COc1cccc2c1C1(CCc3cccc(CO)c31)CC2. The summed E-state index contributed by atoms with van der Waals surface area (Å²) in [4.78, 5) is 0. The van der Waals surface area contributed by atoms with E-state index in [1.165, 1.54) is 22.3 Å². The fourth-order valence-electron chi connectivity index (χ4n) is 4.55. The molecule has 1 N–H and O–H groups in total. The van der Waals surface area contributed by atoms with Gasteiger partial charge in [-0.15, -0.1) is 0 Å². The van der Waals surface area contributed by atoms with Crippen LogP contribution in [0.25, 0.3) is 0 Å². The molecular formula is C19H20O2. The van der Waals surface area contributed by atoms with E-state index in [0.29, 0.717) is 0 Å². The Morgan fingerprint density at radius 2 is 1.67 bits per heavy atom. The average Bonchev–Trinajstić information content (AvgIpc) is 3.10. The third kappa shape index (κ3) is 1.63. The lowest BCUT2D eigenvalue weighted by atomic mass is 9.74. The van der Waals surface area contributed by atoms with Crippen LogP contribution in [0, 0.1) is 0 Å². The van der Waals surface area contributed by atoms with Crippen molar-refractivity contribution in [3.63, 3.8) is 0 Å². The van der Waals surface area contributed by atoms with Gasteiger partial charge in [0.25, 0.3) is 0 Å². The quantitative estimate of drug-likeness (QED) is 0.914. The molecule has 0 saturated heterocycles. The highest BCUT2D eigenvalue weighted by molar-refractivity contribution is 5.60. The highest BCUT2D eigenvalue weighted by atomic mass is 16.5. The predicted octanol–water partition coefficient (Wildman–Crippen LogP) is 3.37. The van der Waals surface area contributed by atoms with E-state index in [0.717, 1.165) is 37.0 Å². The molecule has 0 aliphatic heterocycles. The lowest BCUT2D eigenvalue weighted by molar-refractivity contribution is 0.278. The molecule has 2 aliphatic carbocycles. The number of aliphatic hydroxyl groups excluding tert-OH is 1. The van der Waals surface area contributed by atoms with Crippen molar-refractivity contribution in [2.24, 2.45) is 0 Å². The summed E-state index contributed by atoms with van der Waals surface area (Å²) < 4.78 is 5.67. The van der Waals surface area contributed by atoms with Crippen molar-refractivity contribution in [1.82, 2.24) is 0 Å². The van der Waals surface area contributed by atoms with E-state index in [4.69, 9.17) is 4.74 Å². The molecule has 1 atom stereocenters. The molecule has 0 aromatic heterocycles. The van der Waals surface area contributed by atoms with Gasteiger partial charge in [-0.1, -0.05) is 30.3 Å². The Balaban J connectivity index is 2.00. The van der Waals surface area contributed by atoms with Crippen molar-refractivity contribution in [3.05, 3.63) is 64.2 Å². The van der Waals surface area contributed by atoms with Crippen LogP contribution in [0.3, 0.4) is 0 Å². The molecule has 2 nitrogen and oxygen atoms in total. The highest BCUT2D eigenvalue weighted by Gasteiger charge is 2.47. The first kappa shape index (κ1) is 12.9. The van der Waals surface area contributed by atoms with Crippen molar-refractivity contribution in [2.75, 3.05) is 7.11 Å². The molecule has 2 aliphatic rings. The number of hydrogen-bond donors (Lipinski definition) is 1. The summed E-state index contributed by atoms with van der Waals surface area (Å²) in [7, 11) is 1.76. The third-order valence-corrected chi connectivity index (χ3v) is 5.34. The maximum atomic E-state index is 9.79. The van der Waals surface area contributed by atoms with Gasteiger partial charge in [-0.3, -0.25) is 0 Å². The first-order valence-corrected chi connectivity index (χ1v) is 7.68. The Hall–Kier alpha value is -1.80. The van der Waals surface area contributed by atoms with Crippen LogP contribution in [0.1, 0.15) is 40.7 Å². The fraction of sp³-hybridized carbons (Fsp3) is 0.368. The number of aliphatic hydroxyl groups is 1. The summed E-state index contributed by atoms with van der Waals surface area (Å²) in [5, 5.41) is 9.79. The van der Waals surface area contributed by atoms with E-state index in [1.807, 2.05) is 0 Å². The number of methoxy groups -OCH3 is 1. The van der Waals surface area contributed by atoms with Gasteiger partial charge in [-0.05, 0) is 54.0 Å². The Bertz CT molecular complexity index is 641. The number of rotatable bonds is 2. The van der Waals surface area contributed by atoms with Gasteiger partial charge in [0.1, 0.15) is 5.75 Å². The van der Waals surface area contributed by atoms with Crippen LogP contribution >= 0.6 is 0 Å². The van der Waals surface area contributed by atoms with Crippen molar-refractivity contribution in [3.8, 4) is 5.75 Å². The molecule has 2 aromatic carbocycles. The Morgan fingerprint density at radius 1 is 1.00 bits per heavy atom. The molecule has 1 spiro atoms. The van der Waals surface area contributed by atoms with Crippen molar-refractivity contribution in [2.45, 2.75) is 37.7 Å². The molecule has 0 saturated carbocycles. The topological polar surface area (TPSA) is 29.5 Å². The van der Waals surface area contributed by atoms with Gasteiger partial charge >= 0.3 is 0 Å². The van der Waals surface area contributed by atoms with Crippen molar-refractivity contribution < 1.29 is 9.84 Å². The molecule has 0 fully saturated rings. The molecule has 0 radical (unpaired) electrons. The molecule has 0 heterocycles. The summed E-state index contributed by atoms with van der Waals surface area (Å²) in [5.74, 6) is 1.01. The normalized spacial score (nSPS) is 22.4. The molecular weight excluding hydrogens is 260 g/mol. The second-order valence-corrected chi connectivity index (χ2v) is 6.19. The minimum atomic E-state index is 0.0522. The smallest absolute Gasteiger partial charge is 0.123 e. The van der Waals surface area contributed by atoms with Gasteiger partial charge in [0.05, 0.1) is 13.7 Å². The first-order valence-electron chi connectivity index (χ1n) is 7.68. The van der Waals surface area contributed by atoms with Crippen LogP contribution in [-0.4, -0.2) is 12.2 Å². The lowest BCUT2D eigenvalue weighted by Crippen LogP contribution is -2.23. The van der Waals surface area contributed by atoms with E-state index in [9.17, 15) is 5.11 Å². The summed E-state index contributed by atoms with van der Waals surface area (Å²) in [6.45, 7) is 0.120. The van der Waals surface area contributed by atoms with Crippen LogP contribution in [0.5, 0.6) is 5.75 Å². The van der Waals surface area contributed by atoms with Gasteiger partial charge in [-0.2, -0.15) is 0 Å².